The van der Waals surface area contributed by atoms with Crippen LogP contribution in [0.2, 0.25) is 0 Å². The molecule has 0 bridgehead atoms. The Morgan fingerprint density at radius 1 is 0.738 bits per heavy atom. The van der Waals surface area contributed by atoms with E-state index in [0.29, 0.717) is 25.9 Å². The molecule has 2 fully saturated rings. The van der Waals surface area contributed by atoms with Gasteiger partial charge in [-0.05, 0) is 77.6 Å². The van der Waals surface area contributed by atoms with Crippen molar-refractivity contribution in [3.63, 3.8) is 0 Å². The molecule has 2 aliphatic rings. The lowest BCUT2D eigenvalue weighted by atomic mass is 9.88. The van der Waals surface area contributed by atoms with Gasteiger partial charge in [0.15, 0.2) is 0 Å². The molecule has 0 radical (unpaired) electrons. The highest BCUT2D eigenvalue weighted by atomic mass is 19.1. The molecule has 42 heavy (non-hydrogen) atoms. The molecule has 0 aliphatic carbocycles. The van der Waals surface area contributed by atoms with E-state index in [1.54, 1.807) is 53.7 Å². The van der Waals surface area contributed by atoms with Crippen molar-refractivity contribution in [2.45, 2.75) is 89.6 Å². The molecule has 232 valence electrons. The maximum Gasteiger partial charge on any atom is 0.410 e. The van der Waals surface area contributed by atoms with Crippen molar-refractivity contribution in [3.05, 3.63) is 59.7 Å². The molecule has 0 unspecified atom stereocenters. The van der Waals surface area contributed by atoms with Crippen LogP contribution in [0.4, 0.5) is 18.4 Å². The van der Waals surface area contributed by atoms with Crippen molar-refractivity contribution in [2.24, 2.45) is 0 Å². The molecular formula is C30H42F2N4O6. The fourth-order valence-electron chi connectivity index (χ4n) is 4.84. The lowest BCUT2D eigenvalue weighted by Gasteiger charge is -2.36. The number of rotatable bonds is 2. The molecule has 0 aromatic carbocycles. The average Bonchev–Trinajstić information content (AvgIpc) is 2.88. The highest BCUT2D eigenvalue weighted by Crippen LogP contribution is 2.30. The van der Waals surface area contributed by atoms with E-state index in [4.69, 9.17) is 9.47 Å². The van der Waals surface area contributed by atoms with Crippen LogP contribution in [0.15, 0.2) is 36.7 Å². The molecule has 2 aromatic heterocycles. The van der Waals surface area contributed by atoms with Crippen molar-refractivity contribution >= 4 is 12.2 Å². The van der Waals surface area contributed by atoms with Crippen LogP contribution in [-0.2, 0) is 9.47 Å². The molecule has 12 heteroatoms. The van der Waals surface area contributed by atoms with Crippen LogP contribution in [0.3, 0.4) is 0 Å². The third-order valence-electron chi connectivity index (χ3n) is 6.82. The van der Waals surface area contributed by atoms with Gasteiger partial charge in [-0.1, -0.05) is 12.1 Å². The van der Waals surface area contributed by atoms with Gasteiger partial charge in [0.05, 0.1) is 25.3 Å². The van der Waals surface area contributed by atoms with Crippen LogP contribution in [0.1, 0.15) is 77.3 Å². The number of pyridine rings is 2. The first kappa shape index (κ1) is 33.1. The summed E-state index contributed by atoms with van der Waals surface area (Å²) in [6.45, 7) is 12.2. The molecular weight excluding hydrogens is 550 g/mol. The smallest absolute Gasteiger partial charge is 0.410 e. The standard InChI is InChI=1S/2C15H21FN2O3/c2*1-15(2,3)21-14(20)18-7-6-11(12(19)9-18)10-4-5-13(16)17-8-10/h2*4-5,8,11-12,19H,6-7,9H2,1-3H3/t2*11-,12+/m00/s1. The Hall–Kier alpha value is -3.38. The number of hydrogen-bond donors (Lipinski definition) is 2. The second-order valence-corrected chi connectivity index (χ2v) is 12.6. The summed E-state index contributed by atoms with van der Waals surface area (Å²) in [5.74, 6) is -1.37. The summed E-state index contributed by atoms with van der Waals surface area (Å²) in [6, 6.07) is 5.81. The summed E-state index contributed by atoms with van der Waals surface area (Å²) in [6.07, 6.45) is 1.80. The van der Waals surface area contributed by atoms with Gasteiger partial charge >= 0.3 is 12.2 Å². The normalized spacial score (nSPS) is 23.0. The predicted molar refractivity (Wildman–Crippen MR) is 151 cm³/mol. The number of aliphatic hydroxyl groups excluding tert-OH is 2. The van der Waals surface area contributed by atoms with Gasteiger partial charge in [0.1, 0.15) is 11.2 Å². The highest BCUT2D eigenvalue weighted by molar-refractivity contribution is 5.68. The SMILES string of the molecule is CC(C)(C)OC(=O)N1CC[C@@H](c2ccc(F)nc2)[C@H](O)C1.CC(C)(C)OC(=O)N1CC[C@@H](c2ccc(F)nc2)[C@H](O)C1. The summed E-state index contributed by atoms with van der Waals surface area (Å²) in [7, 11) is 0. The zero-order valence-electron chi connectivity index (χ0n) is 25.1. The van der Waals surface area contributed by atoms with Gasteiger partial charge < -0.3 is 29.5 Å². The van der Waals surface area contributed by atoms with E-state index in [1.807, 2.05) is 0 Å². The van der Waals surface area contributed by atoms with Gasteiger partial charge in [0, 0.05) is 37.3 Å². The zero-order valence-corrected chi connectivity index (χ0v) is 25.1. The van der Waals surface area contributed by atoms with Gasteiger partial charge in [-0.25, -0.2) is 19.6 Å². The van der Waals surface area contributed by atoms with E-state index in [2.05, 4.69) is 9.97 Å². The van der Waals surface area contributed by atoms with E-state index >= 15 is 0 Å². The van der Waals surface area contributed by atoms with Gasteiger partial charge in [-0.3, -0.25) is 0 Å². The Bertz CT molecular complexity index is 1090. The molecule has 2 saturated heterocycles. The monoisotopic (exact) mass is 592 g/mol. The maximum absolute atomic E-state index is 12.8. The lowest BCUT2D eigenvalue weighted by molar-refractivity contribution is -0.00197. The second-order valence-electron chi connectivity index (χ2n) is 12.6. The van der Waals surface area contributed by atoms with E-state index in [-0.39, 0.29) is 24.9 Å². The van der Waals surface area contributed by atoms with Gasteiger partial charge in [-0.15, -0.1) is 0 Å². The molecule has 0 saturated carbocycles. The summed E-state index contributed by atoms with van der Waals surface area (Å²) >= 11 is 0. The fraction of sp³-hybridized carbons (Fsp3) is 0.600. The van der Waals surface area contributed by atoms with E-state index < -0.39 is 47.5 Å². The number of aliphatic hydroxyl groups is 2. The topological polar surface area (TPSA) is 125 Å². The average molecular weight is 593 g/mol. The third-order valence-corrected chi connectivity index (χ3v) is 6.82. The van der Waals surface area contributed by atoms with E-state index in [9.17, 15) is 28.6 Å². The van der Waals surface area contributed by atoms with Crippen LogP contribution in [0.25, 0.3) is 0 Å². The van der Waals surface area contributed by atoms with Crippen LogP contribution >= 0.6 is 0 Å². The minimum Gasteiger partial charge on any atom is -0.444 e. The summed E-state index contributed by atoms with van der Waals surface area (Å²) in [4.78, 5) is 34.2. The number of β-amino-alcohol motifs (C(OH)–C–C–N with tert-alkyl or cyclic N) is 2. The Balaban J connectivity index is 0.000000230. The van der Waals surface area contributed by atoms with Crippen LogP contribution < -0.4 is 0 Å². The number of carbonyl (C=O) groups is 2. The van der Waals surface area contributed by atoms with Crippen molar-refractivity contribution in [2.75, 3.05) is 26.2 Å². The first-order valence-corrected chi connectivity index (χ1v) is 14.1. The molecule has 10 nitrogen and oxygen atoms in total. The molecule has 4 atom stereocenters. The molecule has 2 amide bonds. The summed E-state index contributed by atoms with van der Waals surface area (Å²) in [5, 5.41) is 20.5. The second kappa shape index (κ2) is 13.7. The third kappa shape index (κ3) is 9.87. The molecule has 0 spiro atoms. The number of likely N-dealkylation sites (tertiary alicyclic amines) is 2. The summed E-state index contributed by atoms with van der Waals surface area (Å²) < 4.78 is 36.3. The molecule has 2 N–H and O–H groups in total. The number of ether oxygens (including phenoxy) is 2. The molecule has 4 rings (SSSR count). The first-order valence-electron chi connectivity index (χ1n) is 14.1. The van der Waals surface area contributed by atoms with E-state index in [0.717, 1.165) is 11.1 Å². The number of amides is 2. The number of hydrogen-bond acceptors (Lipinski definition) is 8. The van der Waals surface area contributed by atoms with Gasteiger partial charge in [-0.2, -0.15) is 8.78 Å². The summed E-state index contributed by atoms with van der Waals surface area (Å²) in [5.41, 5.74) is 0.458. The lowest BCUT2D eigenvalue weighted by Crippen LogP contribution is -2.47. The Labute approximate surface area is 245 Å². The molecule has 4 heterocycles. The quantitative estimate of drug-likeness (QED) is 0.485. The van der Waals surface area contributed by atoms with Crippen molar-refractivity contribution < 1.29 is 38.1 Å². The largest absolute Gasteiger partial charge is 0.444 e. The molecule has 2 aromatic rings. The minimum atomic E-state index is -0.710. The zero-order chi connectivity index (χ0) is 31.2. The first-order chi connectivity index (χ1) is 19.5. The van der Waals surface area contributed by atoms with Crippen LogP contribution in [-0.4, -0.2) is 91.8 Å². The Kier molecular flexibility index (Phi) is 10.8. The fourth-order valence-corrected chi connectivity index (χ4v) is 4.84. The van der Waals surface area contributed by atoms with Crippen molar-refractivity contribution in [1.29, 1.82) is 0 Å². The van der Waals surface area contributed by atoms with Crippen LogP contribution in [0, 0.1) is 11.9 Å². The number of halogens is 2. The maximum atomic E-state index is 12.8. The molecule has 2 aliphatic heterocycles. The number of nitrogens with zero attached hydrogens (tertiary/aromatic N) is 4. The number of piperidine rings is 2. The number of carbonyl (C=O) groups excluding carboxylic acids is 2. The van der Waals surface area contributed by atoms with Crippen molar-refractivity contribution in [3.8, 4) is 0 Å². The minimum absolute atomic E-state index is 0.142. The Morgan fingerprint density at radius 3 is 1.36 bits per heavy atom. The van der Waals surface area contributed by atoms with Crippen molar-refractivity contribution in [1.82, 2.24) is 19.8 Å². The van der Waals surface area contributed by atoms with Crippen LogP contribution in [0.5, 0.6) is 0 Å². The van der Waals surface area contributed by atoms with E-state index in [1.165, 1.54) is 34.3 Å². The number of aromatic nitrogens is 2. The Morgan fingerprint density at radius 2 is 1.10 bits per heavy atom. The highest BCUT2D eigenvalue weighted by Gasteiger charge is 2.34. The van der Waals surface area contributed by atoms with Gasteiger partial charge in [0.25, 0.3) is 0 Å². The predicted octanol–water partition coefficient (Wildman–Crippen LogP) is 4.61. The van der Waals surface area contributed by atoms with Gasteiger partial charge in [0.2, 0.25) is 11.9 Å².